The third-order valence-corrected chi connectivity index (χ3v) is 2.79. The predicted molar refractivity (Wildman–Crippen MR) is 74.4 cm³/mol. The van der Waals surface area contributed by atoms with E-state index in [2.05, 4.69) is 15.5 Å². The predicted octanol–water partition coefficient (Wildman–Crippen LogP) is 1.28. The van der Waals surface area contributed by atoms with Gasteiger partial charge in [0, 0.05) is 6.54 Å². The first-order chi connectivity index (χ1) is 10.0. The first kappa shape index (κ1) is 15.1. The third kappa shape index (κ3) is 3.43. The number of aromatic nitrogens is 3. The van der Waals surface area contributed by atoms with E-state index in [0.717, 1.165) is 4.80 Å². The lowest BCUT2D eigenvalue weighted by molar-refractivity contribution is 0.0940. The number of halogens is 1. The maximum absolute atomic E-state index is 13.7. The summed E-state index contributed by atoms with van der Waals surface area (Å²) in [4.78, 5) is 13.0. The lowest BCUT2D eigenvalue weighted by atomic mass is 10.2. The Labute approximate surface area is 121 Å². The molecule has 0 saturated heterocycles. The van der Waals surface area contributed by atoms with Crippen LogP contribution in [0.25, 0.3) is 5.69 Å². The van der Waals surface area contributed by atoms with E-state index in [9.17, 15) is 14.3 Å². The number of aliphatic hydroxyl groups is 1. The van der Waals surface area contributed by atoms with Crippen LogP contribution in [0, 0.1) is 11.7 Å². The van der Waals surface area contributed by atoms with Gasteiger partial charge < -0.3 is 10.4 Å². The fourth-order valence-electron chi connectivity index (χ4n) is 1.72. The van der Waals surface area contributed by atoms with E-state index in [1.165, 1.54) is 12.1 Å². The molecule has 2 N–H and O–H groups in total. The van der Waals surface area contributed by atoms with Gasteiger partial charge >= 0.3 is 0 Å². The van der Waals surface area contributed by atoms with Crippen LogP contribution in [0.2, 0.25) is 0 Å². The molecule has 0 bridgehead atoms. The van der Waals surface area contributed by atoms with Gasteiger partial charge in [-0.25, -0.2) is 4.39 Å². The quantitative estimate of drug-likeness (QED) is 0.870. The minimum Gasteiger partial charge on any atom is -0.390 e. The van der Waals surface area contributed by atoms with Crippen molar-refractivity contribution in [3.8, 4) is 5.69 Å². The van der Waals surface area contributed by atoms with Gasteiger partial charge in [0.25, 0.3) is 5.91 Å². The summed E-state index contributed by atoms with van der Waals surface area (Å²) in [7, 11) is 0. The first-order valence-electron chi connectivity index (χ1n) is 6.63. The van der Waals surface area contributed by atoms with Crippen molar-refractivity contribution in [2.24, 2.45) is 5.92 Å². The minimum atomic E-state index is -0.508. The standard InChI is InChI=1S/C14H17FN4O2/c1-9(2)7-16-14(21)13-11(8-20)17-19(18-13)12-6-4-3-5-10(12)15/h3-6,9,20H,7-8H2,1-2H3,(H,16,21). The monoisotopic (exact) mass is 292 g/mol. The van der Waals surface area contributed by atoms with E-state index in [1.807, 2.05) is 13.8 Å². The van der Waals surface area contributed by atoms with Crippen molar-refractivity contribution in [3.63, 3.8) is 0 Å². The molecule has 1 amide bonds. The van der Waals surface area contributed by atoms with Crippen LogP contribution in [0.1, 0.15) is 30.0 Å². The van der Waals surface area contributed by atoms with E-state index >= 15 is 0 Å². The van der Waals surface area contributed by atoms with Crippen molar-refractivity contribution in [1.82, 2.24) is 20.3 Å². The zero-order chi connectivity index (χ0) is 15.4. The van der Waals surface area contributed by atoms with Gasteiger partial charge in [0.1, 0.15) is 11.4 Å². The van der Waals surface area contributed by atoms with Crippen molar-refractivity contribution >= 4 is 5.91 Å². The van der Waals surface area contributed by atoms with E-state index in [4.69, 9.17) is 0 Å². The van der Waals surface area contributed by atoms with Gasteiger partial charge in [-0.3, -0.25) is 4.79 Å². The average Bonchev–Trinajstić information content (AvgIpc) is 2.89. The zero-order valence-electron chi connectivity index (χ0n) is 11.9. The molecule has 0 atom stereocenters. The fraction of sp³-hybridized carbons (Fsp3) is 0.357. The van der Waals surface area contributed by atoms with Gasteiger partial charge in [-0.1, -0.05) is 26.0 Å². The second kappa shape index (κ2) is 6.45. The highest BCUT2D eigenvalue weighted by Crippen LogP contribution is 2.13. The van der Waals surface area contributed by atoms with Crippen LogP contribution in [0.4, 0.5) is 4.39 Å². The molecule has 1 aromatic carbocycles. The molecule has 0 spiro atoms. The van der Waals surface area contributed by atoms with Crippen LogP contribution in [0.15, 0.2) is 24.3 Å². The molecule has 0 unspecified atom stereocenters. The summed E-state index contributed by atoms with van der Waals surface area (Å²) in [6, 6.07) is 5.95. The molecule has 2 aromatic rings. The Hall–Kier alpha value is -2.28. The molecule has 0 saturated carbocycles. The summed E-state index contributed by atoms with van der Waals surface area (Å²) in [6.07, 6.45) is 0. The number of hydrogen-bond donors (Lipinski definition) is 2. The summed E-state index contributed by atoms with van der Waals surface area (Å²) in [6.45, 7) is 3.96. The first-order valence-corrected chi connectivity index (χ1v) is 6.63. The number of carbonyl (C=O) groups excluding carboxylic acids is 1. The summed E-state index contributed by atoms with van der Waals surface area (Å²) in [5.41, 5.74) is 0.232. The zero-order valence-corrected chi connectivity index (χ0v) is 11.9. The van der Waals surface area contributed by atoms with Crippen molar-refractivity contribution in [1.29, 1.82) is 0 Å². The van der Waals surface area contributed by atoms with Gasteiger partial charge in [0.2, 0.25) is 0 Å². The molecule has 1 aromatic heterocycles. The number of amides is 1. The largest absolute Gasteiger partial charge is 0.390 e. The van der Waals surface area contributed by atoms with Gasteiger partial charge in [-0.05, 0) is 18.1 Å². The molecule has 0 aliphatic heterocycles. The van der Waals surface area contributed by atoms with Crippen molar-refractivity contribution in [2.75, 3.05) is 6.54 Å². The van der Waals surface area contributed by atoms with Gasteiger partial charge in [0.05, 0.1) is 6.61 Å². The molecule has 6 nitrogen and oxygen atoms in total. The number of aliphatic hydroxyl groups excluding tert-OH is 1. The molecular weight excluding hydrogens is 275 g/mol. The summed E-state index contributed by atoms with van der Waals surface area (Å²) in [5, 5.41) is 19.9. The highest BCUT2D eigenvalue weighted by Gasteiger charge is 2.19. The van der Waals surface area contributed by atoms with E-state index in [1.54, 1.807) is 12.1 Å². The minimum absolute atomic E-state index is 0.00130. The summed E-state index contributed by atoms with van der Waals surface area (Å²) >= 11 is 0. The highest BCUT2D eigenvalue weighted by atomic mass is 19.1. The lowest BCUT2D eigenvalue weighted by Crippen LogP contribution is -2.28. The maximum Gasteiger partial charge on any atom is 0.273 e. The van der Waals surface area contributed by atoms with E-state index in [0.29, 0.717) is 6.54 Å². The Bertz CT molecular complexity index is 640. The number of para-hydroxylation sites is 1. The second-order valence-corrected chi connectivity index (χ2v) is 5.00. The van der Waals surface area contributed by atoms with Crippen molar-refractivity contribution in [3.05, 3.63) is 41.5 Å². The van der Waals surface area contributed by atoms with Gasteiger partial charge in [-0.15, -0.1) is 15.0 Å². The lowest BCUT2D eigenvalue weighted by Gasteiger charge is -2.05. The Morgan fingerprint density at radius 2 is 2.10 bits per heavy atom. The average molecular weight is 292 g/mol. The number of carbonyl (C=O) groups is 1. The van der Waals surface area contributed by atoms with Crippen molar-refractivity contribution < 1.29 is 14.3 Å². The molecule has 0 aliphatic rings. The fourth-order valence-corrected chi connectivity index (χ4v) is 1.72. The number of benzene rings is 1. The molecule has 0 fully saturated rings. The summed E-state index contributed by atoms with van der Waals surface area (Å²) < 4.78 is 13.7. The number of nitrogens with one attached hydrogen (secondary N) is 1. The van der Waals surface area contributed by atoms with Crippen LogP contribution < -0.4 is 5.32 Å². The Morgan fingerprint density at radius 3 is 2.71 bits per heavy atom. The smallest absolute Gasteiger partial charge is 0.273 e. The Balaban J connectivity index is 2.32. The number of rotatable bonds is 5. The molecular formula is C14H17FN4O2. The van der Waals surface area contributed by atoms with Crippen LogP contribution in [0.5, 0.6) is 0 Å². The molecule has 1 heterocycles. The molecule has 7 heteroatoms. The number of nitrogens with zero attached hydrogens (tertiary/aromatic N) is 3. The topological polar surface area (TPSA) is 80.0 Å². The Morgan fingerprint density at radius 1 is 1.38 bits per heavy atom. The molecule has 2 rings (SSSR count). The second-order valence-electron chi connectivity index (χ2n) is 5.00. The SMILES string of the molecule is CC(C)CNC(=O)c1nn(-c2ccccc2F)nc1CO. The Kier molecular flexibility index (Phi) is 4.64. The highest BCUT2D eigenvalue weighted by molar-refractivity contribution is 5.93. The van der Waals surface area contributed by atoms with Crippen molar-refractivity contribution in [2.45, 2.75) is 20.5 Å². The molecule has 21 heavy (non-hydrogen) atoms. The van der Waals surface area contributed by atoms with Crippen LogP contribution in [0.3, 0.4) is 0 Å². The van der Waals surface area contributed by atoms with E-state index in [-0.39, 0.29) is 23.0 Å². The van der Waals surface area contributed by atoms with Crippen LogP contribution >= 0.6 is 0 Å². The maximum atomic E-state index is 13.7. The normalized spacial score (nSPS) is 10.9. The van der Waals surface area contributed by atoms with Gasteiger partial charge in [-0.2, -0.15) is 0 Å². The third-order valence-electron chi connectivity index (χ3n) is 2.79. The van der Waals surface area contributed by atoms with Crippen LogP contribution in [-0.4, -0.2) is 32.6 Å². The molecule has 0 aliphatic carbocycles. The molecule has 112 valence electrons. The van der Waals surface area contributed by atoms with Gasteiger partial charge in [0.15, 0.2) is 11.5 Å². The number of hydrogen-bond acceptors (Lipinski definition) is 4. The van der Waals surface area contributed by atoms with E-state index < -0.39 is 18.3 Å². The van der Waals surface area contributed by atoms with Crippen LogP contribution in [-0.2, 0) is 6.61 Å². The summed E-state index contributed by atoms with van der Waals surface area (Å²) in [5.74, 6) is -0.658. The molecule has 0 radical (unpaired) electrons.